The third kappa shape index (κ3) is 3.34. The first-order valence-corrected chi connectivity index (χ1v) is 6.76. The monoisotopic (exact) mass is 260 g/mol. The zero-order valence-corrected chi connectivity index (χ0v) is 11.4. The highest BCUT2D eigenvalue weighted by molar-refractivity contribution is 5.97. The van der Waals surface area contributed by atoms with E-state index in [1.54, 1.807) is 0 Å². The zero-order chi connectivity index (χ0) is 13.8. The highest BCUT2D eigenvalue weighted by Gasteiger charge is 2.23. The Kier molecular flexibility index (Phi) is 4.20. The SMILES string of the molecule is CC(C)c1ccc(C(=O)NC2CCCNC2=O)cc1. The topological polar surface area (TPSA) is 58.2 Å². The van der Waals surface area contributed by atoms with E-state index in [0.717, 1.165) is 6.42 Å². The zero-order valence-electron chi connectivity index (χ0n) is 11.4. The lowest BCUT2D eigenvalue weighted by molar-refractivity contribution is -0.124. The maximum absolute atomic E-state index is 12.0. The van der Waals surface area contributed by atoms with Gasteiger partial charge in [0.05, 0.1) is 0 Å². The number of carbonyl (C=O) groups is 2. The summed E-state index contributed by atoms with van der Waals surface area (Å²) in [5.41, 5.74) is 1.80. The largest absolute Gasteiger partial charge is 0.354 e. The van der Waals surface area contributed by atoms with E-state index < -0.39 is 6.04 Å². The van der Waals surface area contributed by atoms with Gasteiger partial charge in [-0.1, -0.05) is 26.0 Å². The van der Waals surface area contributed by atoms with E-state index in [2.05, 4.69) is 24.5 Å². The first kappa shape index (κ1) is 13.6. The van der Waals surface area contributed by atoms with Gasteiger partial charge in [-0.2, -0.15) is 0 Å². The second-order valence-corrected chi connectivity index (χ2v) is 5.24. The van der Waals surface area contributed by atoms with E-state index in [-0.39, 0.29) is 11.8 Å². The van der Waals surface area contributed by atoms with Crippen molar-refractivity contribution in [1.29, 1.82) is 0 Å². The number of hydrogen-bond acceptors (Lipinski definition) is 2. The number of hydrogen-bond donors (Lipinski definition) is 2. The molecule has 0 aliphatic carbocycles. The van der Waals surface area contributed by atoms with Crippen LogP contribution in [0.15, 0.2) is 24.3 Å². The molecule has 2 amide bonds. The lowest BCUT2D eigenvalue weighted by Crippen LogP contribution is -2.50. The van der Waals surface area contributed by atoms with Crippen LogP contribution in [0.1, 0.15) is 48.5 Å². The molecule has 1 unspecified atom stereocenters. The van der Waals surface area contributed by atoms with Gasteiger partial charge < -0.3 is 10.6 Å². The molecule has 0 spiro atoms. The molecule has 1 saturated heterocycles. The molecular formula is C15H20N2O2. The number of carbonyl (C=O) groups excluding carboxylic acids is 2. The number of piperidine rings is 1. The van der Waals surface area contributed by atoms with Gasteiger partial charge in [0.1, 0.15) is 6.04 Å². The average Bonchev–Trinajstić information content (AvgIpc) is 2.41. The van der Waals surface area contributed by atoms with Crippen LogP contribution in [0.25, 0.3) is 0 Å². The lowest BCUT2D eigenvalue weighted by Gasteiger charge is -2.22. The average molecular weight is 260 g/mol. The highest BCUT2D eigenvalue weighted by Crippen LogP contribution is 2.15. The molecule has 1 aromatic carbocycles. The van der Waals surface area contributed by atoms with Crippen LogP contribution >= 0.6 is 0 Å². The van der Waals surface area contributed by atoms with E-state index in [1.165, 1.54) is 5.56 Å². The summed E-state index contributed by atoms with van der Waals surface area (Å²) in [4.78, 5) is 23.6. The highest BCUT2D eigenvalue weighted by atomic mass is 16.2. The van der Waals surface area contributed by atoms with Crippen LogP contribution in [0.5, 0.6) is 0 Å². The predicted molar refractivity (Wildman–Crippen MR) is 74.0 cm³/mol. The van der Waals surface area contributed by atoms with Crippen molar-refractivity contribution >= 4 is 11.8 Å². The Labute approximate surface area is 113 Å². The molecule has 1 fully saturated rings. The third-order valence-electron chi connectivity index (χ3n) is 3.43. The van der Waals surface area contributed by atoms with Crippen molar-refractivity contribution in [3.05, 3.63) is 35.4 Å². The van der Waals surface area contributed by atoms with Crippen molar-refractivity contribution in [3.63, 3.8) is 0 Å². The molecule has 1 aliphatic heterocycles. The maximum atomic E-state index is 12.0. The standard InChI is InChI=1S/C15H20N2O2/c1-10(2)11-5-7-12(8-6-11)14(18)17-13-4-3-9-16-15(13)19/h5-8,10,13H,3-4,9H2,1-2H3,(H,16,19)(H,17,18). The van der Waals surface area contributed by atoms with Gasteiger partial charge in [0.2, 0.25) is 5.91 Å². The Bertz CT molecular complexity index is 466. The van der Waals surface area contributed by atoms with Gasteiger partial charge in [0.15, 0.2) is 0 Å². The molecule has 102 valence electrons. The van der Waals surface area contributed by atoms with E-state index in [0.29, 0.717) is 24.4 Å². The van der Waals surface area contributed by atoms with E-state index in [4.69, 9.17) is 0 Å². The number of benzene rings is 1. The fourth-order valence-electron chi connectivity index (χ4n) is 2.17. The lowest BCUT2D eigenvalue weighted by atomic mass is 10.0. The summed E-state index contributed by atoms with van der Waals surface area (Å²) in [7, 11) is 0. The molecule has 1 atom stereocenters. The summed E-state index contributed by atoms with van der Waals surface area (Å²) in [5.74, 6) is 0.178. The molecule has 0 aromatic heterocycles. The Hall–Kier alpha value is -1.84. The Morgan fingerprint density at radius 3 is 2.58 bits per heavy atom. The first-order chi connectivity index (χ1) is 9.08. The molecule has 1 heterocycles. The molecule has 2 rings (SSSR count). The van der Waals surface area contributed by atoms with Crippen LogP contribution in [0.2, 0.25) is 0 Å². The Balaban J connectivity index is 2.01. The summed E-state index contributed by atoms with van der Waals surface area (Å²) in [6, 6.07) is 7.14. The van der Waals surface area contributed by atoms with Crippen molar-refractivity contribution in [2.75, 3.05) is 6.54 Å². The molecule has 1 aromatic rings. The Morgan fingerprint density at radius 1 is 1.32 bits per heavy atom. The first-order valence-electron chi connectivity index (χ1n) is 6.76. The molecular weight excluding hydrogens is 240 g/mol. The fourth-order valence-corrected chi connectivity index (χ4v) is 2.17. The van der Waals surface area contributed by atoms with Crippen LogP contribution in [-0.2, 0) is 4.79 Å². The van der Waals surface area contributed by atoms with Gasteiger partial charge >= 0.3 is 0 Å². The maximum Gasteiger partial charge on any atom is 0.251 e. The molecule has 0 radical (unpaired) electrons. The van der Waals surface area contributed by atoms with Crippen molar-refractivity contribution in [3.8, 4) is 0 Å². The molecule has 4 heteroatoms. The minimum atomic E-state index is -0.397. The van der Waals surface area contributed by atoms with Crippen LogP contribution in [-0.4, -0.2) is 24.4 Å². The van der Waals surface area contributed by atoms with Crippen LogP contribution in [0.3, 0.4) is 0 Å². The summed E-state index contributed by atoms with van der Waals surface area (Å²) in [6.07, 6.45) is 1.62. The number of nitrogens with one attached hydrogen (secondary N) is 2. The summed E-state index contributed by atoms with van der Waals surface area (Å²) in [5, 5.41) is 5.54. The van der Waals surface area contributed by atoms with Crippen LogP contribution in [0.4, 0.5) is 0 Å². The Morgan fingerprint density at radius 2 is 2.00 bits per heavy atom. The van der Waals surface area contributed by atoms with Crippen molar-refractivity contribution in [2.45, 2.75) is 38.6 Å². The smallest absolute Gasteiger partial charge is 0.251 e. The molecule has 2 N–H and O–H groups in total. The van der Waals surface area contributed by atoms with Crippen LogP contribution in [0, 0.1) is 0 Å². The summed E-state index contributed by atoms with van der Waals surface area (Å²) < 4.78 is 0. The minimum Gasteiger partial charge on any atom is -0.354 e. The molecule has 0 saturated carbocycles. The van der Waals surface area contributed by atoms with E-state index in [1.807, 2.05) is 24.3 Å². The predicted octanol–water partition coefficient (Wildman–Crippen LogP) is 1.82. The second-order valence-electron chi connectivity index (χ2n) is 5.24. The fraction of sp³-hybridized carbons (Fsp3) is 0.467. The van der Waals surface area contributed by atoms with Crippen molar-refractivity contribution in [2.24, 2.45) is 0 Å². The third-order valence-corrected chi connectivity index (χ3v) is 3.43. The second kappa shape index (κ2) is 5.87. The molecule has 4 nitrogen and oxygen atoms in total. The van der Waals surface area contributed by atoms with Crippen LogP contribution < -0.4 is 10.6 Å². The summed E-state index contributed by atoms with van der Waals surface area (Å²) in [6.45, 7) is 4.93. The van der Waals surface area contributed by atoms with Gasteiger partial charge in [0.25, 0.3) is 5.91 Å². The number of amides is 2. The summed E-state index contributed by atoms with van der Waals surface area (Å²) >= 11 is 0. The molecule has 0 bridgehead atoms. The van der Waals surface area contributed by atoms with Crippen molar-refractivity contribution in [1.82, 2.24) is 10.6 Å². The normalized spacial score (nSPS) is 19.1. The quantitative estimate of drug-likeness (QED) is 0.871. The van der Waals surface area contributed by atoms with Gasteiger partial charge in [-0.25, -0.2) is 0 Å². The van der Waals surface area contributed by atoms with Gasteiger partial charge in [-0.3, -0.25) is 9.59 Å². The van der Waals surface area contributed by atoms with Gasteiger partial charge in [0, 0.05) is 12.1 Å². The van der Waals surface area contributed by atoms with Gasteiger partial charge in [-0.05, 0) is 36.5 Å². The molecule has 1 aliphatic rings. The van der Waals surface area contributed by atoms with E-state index in [9.17, 15) is 9.59 Å². The van der Waals surface area contributed by atoms with E-state index >= 15 is 0 Å². The minimum absolute atomic E-state index is 0.0848. The van der Waals surface area contributed by atoms with Gasteiger partial charge in [-0.15, -0.1) is 0 Å². The molecule has 19 heavy (non-hydrogen) atoms. The number of rotatable bonds is 3. The van der Waals surface area contributed by atoms with Crippen molar-refractivity contribution < 1.29 is 9.59 Å².